The van der Waals surface area contributed by atoms with Crippen LogP contribution >= 0.6 is 0 Å². The lowest BCUT2D eigenvalue weighted by Gasteiger charge is -2.27. The van der Waals surface area contributed by atoms with E-state index in [1.807, 2.05) is 41.8 Å². The molecule has 0 bridgehead atoms. The Labute approximate surface area is 87.8 Å². The molecule has 0 aromatic rings. The molecule has 0 spiro atoms. The predicted molar refractivity (Wildman–Crippen MR) is 61.5 cm³/mol. The van der Waals surface area contributed by atoms with Crippen molar-refractivity contribution in [1.82, 2.24) is 5.01 Å². The smallest absolute Gasteiger partial charge is 0.0646 e. The van der Waals surface area contributed by atoms with Crippen LogP contribution in [0.3, 0.4) is 0 Å². The standard InChI is InChI=1S/C11H24N2O/c1-9(2)11(4,14)8-7-10(3)12-13(5)6/h9,14H,7-8H2,1-6H3. The van der Waals surface area contributed by atoms with Crippen molar-refractivity contribution in [3.63, 3.8) is 0 Å². The first-order valence-electron chi connectivity index (χ1n) is 5.19. The van der Waals surface area contributed by atoms with Crippen LogP contribution in [0.2, 0.25) is 0 Å². The highest BCUT2D eigenvalue weighted by Gasteiger charge is 2.24. The van der Waals surface area contributed by atoms with Crippen LogP contribution in [0.15, 0.2) is 5.10 Å². The molecule has 3 heteroatoms. The van der Waals surface area contributed by atoms with Gasteiger partial charge in [0.05, 0.1) is 5.60 Å². The number of hydrogen-bond acceptors (Lipinski definition) is 3. The third-order valence-corrected chi connectivity index (χ3v) is 2.61. The molecule has 0 aromatic heterocycles. The lowest BCUT2D eigenvalue weighted by Crippen LogP contribution is -2.31. The summed E-state index contributed by atoms with van der Waals surface area (Å²) < 4.78 is 0. The molecule has 1 N–H and O–H groups in total. The van der Waals surface area contributed by atoms with Gasteiger partial charge in [-0.1, -0.05) is 13.8 Å². The van der Waals surface area contributed by atoms with Gasteiger partial charge in [-0.2, -0.15) is 5.10 Å². The van der Waals surface area contributed by atoms with E-state index in [1.165, 1.54) is 0 Å². The Kier molecular flexibility index (Phi) is 5.13. The van der Waals surface area contributed by atoms with Crippen molar-refractivity contribution in [3.05, 3.63) is 0 Å². The molecule has 0 fully saturated rings. The van der Waals surface area contributed by atoms with Gasteiger partial charge >= 0.3 is 0 Å². The van der Waals surface area contributed by atoms with Gasteiger partial charge in [0.2, 0.25) is 0 Å². The van der Waals surface area contributed by atoms with Crippen molar-refractivity contribution in [3.8, 4) is 0 Å². The van der Waals surface area contributed by atoms with Gasteiger partial charge in [0, 0.05) is 19.8 Å². The molecule has 0 heterocycles. The van der Waals surface area contributed by atoms with Crippen LogP contribution in [0.4, 0.5) is 0 Å². The zero-order valence-electron chi connectivity index (χ0n) is 10.3. The highest BCUT2D eigenvalue weighted by Crippen LogP contribution is 2.22. The van der Waals surface area contributed by atoms with Gasteiger partial charge in [-0.3, -0.25) is 0 Å². The quantitative estimate of drug-likeness (QED) is 0.545. The van der Waals surface area contributed by atoms with Gasteiger partial charge in [0.1, 0.15) is 0 Å². The monoisotopic (exact) mass is 200 g/mol. The molecule has 0 aliphatic rings. The number of nitrogens with zero attached hydrogens (tertiary/aromatic N) is 2. The SMILES string of the molecule is CC(CCC(C)(O)C(C)C)=NN(C)C. The molecule has 14 heavy (non-hydrogen) atoms. The average Bonchev–Trinajstić information content (AvgIpc) is 1.99. The molecule has 0 rings (SSSR count). The van der Waals surface area contributed by atoms with Gasteiger partial charge in [-0.25, -0.2) is 0 Å². The molecule has 84 valence electrons. The maximum atomic E-state index is 10.0. The second kappa shape index (κ2) is 5.35. The first-order valence-corrected chi connectivity index (χ1v) is 5.19. The van der Waals surface area contributed by atoms with Crippen molar-refractivity contribution in [2.24, 2.45) is 11.0 Å². The molecule has 0 aliphatic heterocycles. The summed E-state index contributed by atoms with van der Waals surface area (Å²) in [4.78, 5) is 0. The third-order valence-electron chi connectivity index (χ3n) is 2.61. The minimum atomic E-state index is -0.580. The van der Waals surface area contributed by atoms with E-state index in [9.17, 15) is 5.11 Å². The number of hydrazone groups is 1. The fourth-order valence-corrected chi connectivity index (χ4v) is 1.11. The Morgan fingerprint density at radius 1 is 1.43 bits per heavy atom. The van der Waals surface area contributed by atoms with E-state index in [0.29, 0.717) is 0 Å². The zero-order chi connectivity index (χ0) is 11.4. The van der Waals surface area contributed by atoms with Crippen LogP contribution in [-0.4, -0.2) is 35.5 Å². The second-order valence-corrected chi connectivity index (χ2v) is 4.69. The molecule has 0 amide bonds. The van der Waals surface area contributed by atoms with E-state index in [1.54, 1.807) is 5.01 Å². The molecular weight excluding hydrogens is 176 g/mol. The van der Waals surface area contributed by atoms with Crippen molar-refractivity contribution >= 4 is 5.71 Å². The Balaban J connectivity index is 4.06. The number of aliphatic hydroxyl groups is 1. The summed E-state index contributed by atoms with van der Waals surface area (Å²) in [5.41, 5.74) is 0.485. The molecule has 0 aliphatic carbocycles. The summed E-state index contributed by atoms with van der Waals surface area (Å²) >= 11 is 0. The molecule has 0 aromatic carbocycles. The fourth-order valence-electron chi connectivity index (χ4n) is 1.11. The second-order valence-electron chi connectivity index (χ2n) is 4.69. The molecule has 3 nitrogen and oxygen atoms in total. The van der Waals surface area contributed by atoms with Crippen LogP contribution in [0, 0.1) is 5.92 Å². The third kappa shape index (κ3) is 5.22. The summed E-state index contributed by atoms with van der Waals surface area (Å²) in [5.74, 6) is 0.287. The summed E-state index contributed by atoms with van der Waals surface area (Å²) in [7, 11) is 3.81. The first kappa shape index (κ1) is 13.4. The van der Waals surface area contributed by atoms with Gasteiger partial charge in [0.15, 0.2) is 0 Å². The van der Waals surface area contributed by atoms with E-state index in [0.717, 1.165) is 18.6 Å². The molecule has 1 unspecified atom stereocenters. The van der Waals surface area contributed by atoms with Crippen LogP contribution in [0.1, 0.15) is 40.5 Å². The first-order chi connectivity index (χ1) is 6.25. The lowest BCUT2D eigenvalue weighted by atomic mass is 9.87. The molecule has 1 atom stereocenters. The lowest BCUT2D eigenvalue weighted by molar-refractivity contribution is 0.00717. The maximum absolute atomic E-state index is 10.0. The number of rotatable bonds is 5. The average molecular weight is 200 g/mol. The van der Waals surface area contributed by atoms with Gasteiger partial charge < -0.3 is 10.1 Å². The minimum absolute atomic E-state index is 0.287. The highest BCUT2D eigenvalue weighted by atomic mass is 16.3. The van der Waals surface area contributed by atoms with Crippen LogP contribution in [0.5, 0.6) is 0 Å². The van der Waals surface area contributed by atoms with E-state index in [4.69, 9.17) is 0 Å². The van der Waals surface area contributed by atoms with Crippen LogP contribution < -0.4 is 0 Å². The topological polar surface area (TPSA) is 35.8 Å². The Hall–Kier alpha value is -0.570. The molecule has 0 saturated carbocycles. The Morgan fingerprint density at radius 2 is 1.93 bits per heavy atom. The molecular formula is C11H24N2O. The molecule has 0 radical (unpaired) electrons. The summed E-state index contributed by atoms with van der Waals surface area (Å²) in [6.07, 6.45) is 1.62. The highest BCUT2D eigenvalue weighted by molar-refractivity contribution is 5.81. The van der Waals surface area contributed by atoms with Gasteiger partial charge in [-0.05, 0) is 32.6 Å². The van der Waals surface area contributed by atoms with Crippen molar-refractivity contribution < 1.29 is 5.11 Å². The molecule has 0 saturated heterocycles. The predicted octanol–water partition coefficient (Wildman–Crippen LogP) is 2.11. The van der Waals surface area contributed by atoms with Crippen molar-refractivity contribution in [1.29, 1.82) is 0 Å². The van der Waals surface area contributed by atoms with E-state index in [2.05, 4.69) is 5.10 Å². The summed E-state index contributed by atoms with van der Waals surface area (Å²) in [6, 6.07) is 0. The van der Waals surface area contributed by atoms with E-state index < -0.39 is 5.60 Å². The van der Waals surface area contributed by atoms with E-state index >= 15 is 0 Å². The van der Waals surface area contributed by atoms with Crippen molar-refractivity contribution in [2.45, 2.75) is 46.1 Å². The summed E-state index contributed by atoms with van der Waals surface area (Å²) in [5, 5.41) is 16.1. The number of hydrogen-bond donors (Lipinski definition) is 1. The Bertz CT molecular complexity index is 195. The van der Waals surface area contributed by atoms with Gasteiger partial charge in [0.25, 0.3) is 0 Å². The zero-order valence-corrected chi connectivity index (χ0v) is 10.3. The van der Waals surface area contributed by atoms with Crippen LogP contribution in [0.25, 0.3) is 0 Å². The van der Waals surface area contributed by atoms with E-state index in [-0.39, 0.29) is 5.92 Å². The summed E-state index contributed by atoms with van der Waals surface area (Å²) in [6.45, 7) is 7.97. The van der Waals surface area contributed by atoms with Gasteiger partial charge in [-0.15, -0.1) is 0 Å². The van der Waals surface area contributed by atoms with Crippen LogP contribution in [-0.2, 0) is 0 Å². The fraction of sp³-hybridized carbons (Fsp3) is 0.909. The minimum Gasteiger partial charge on any atom is -0.390 e. The largest absolute Gasteiger partial charge is 0.390 e. The van der Waals surface area contributed by atoms with Crippen molar-refractivity contribution in [2.75, 3.05) is 14.1 Å². The maximum Gasteiger partial charge on any atom is 0.0646 e. The normalized spacial score (nSPS) is 17.0. The Morgan fingerprint density at radius 3 is 2.29 bits per heavy atom.